The van der Waals surface area contributed by atoms with Gasteiger partial charge in [0.05, 0.1) is 11.2 Å². The van der Waals surface area contributed by atoms with Gasteiger partial charge in [0, 0.05) is 24.4 Å². The molecule has 0 spiro atoms. The van der Waals surface area contributed by atoms with E-state index in [4.69, 9.17) is 4.98 Å². The SMILES string of the molecule is C[C@]1([C@@H]2CCCN(Cc3ccc4ccccc4n3)C2)NC(=O)NC1=O. The van der Waals surface area contributed by atoms with Gasteiger partial charge in [-0.25, -0.2) is 4.79 Å². The first-order valence-corrected chi connectivity index (χ1v) is 8.75. The summed E-state index contributed by atoms with van der Waals surface area (Å²) in [6.07, 6.45) is 1.95. The van der Waals surface area contributed by atoms with Crippen LogP contribution in [0.3, 0.4) is 0 Å². The van der Waals surface area contributed by atoms with Crippen LogP contribution < -0.4 is 10.6 Å². The molecule has 0 aliphatic carbocycles. The van der Waals surface area contributed by atoms with Crippen molar-refractivity contribution in [3.63, 3.8) is 0 Å². The summed E-state index contributed by atoms with van der Waals surface area (Å²) in [4.78, 5) is 30.8. The smallest absolute Gasteiger partial charge is 0.322 e. The van der Waals surface area contributed by atoms with Gasteiger partial charge < -0.3 is 5.32 Å². The number of hydrogen-bond acceptors (Lipinski definition) is 4. The van der Waals surface area contributed by atoms with E-state index in [9.17, 15) is 9.59 Å². The van der Waals surface area contributed by atoms with E-state index in [1.54, 1.807) is 0 Å². The van der Waals surface area contributed by atoms with Crippen LogP contribution in [-0.4, -0.2) is 40.5 Å². The third-order valence-corrected chi connectivity index (χ3v) is 5.44. The van der Waals surface area contributed by atoms with Crippen molar-refractivity contribution in [3.05, 3.63) is 42.1 Å². The lowest BCUT2D eigenvalue weighted by atomic mass is 9.80. The fourth-order valence-electron chi connectivity index (χ4n) is 3.94. The number of hydrogen-bond donors (Lipinski definition) is 2. The Morgan fingerprint density at radius 2 is 2.08 bits per heavy atom. The molecule has 6 nitrogen and oxygen atoms in total. The zero-order valence-corrected chi connectivity index (χ0v) is 14.3. The van der Waals surface area contributed by atoms with Gasteiger partial charge in [0.25, 0.3) is 5.91 Å². The van der Waals surface area contributed by atoms with Crippen LogP contribution in [0, 0.1) is 5.92 Å². The quantitative estimate of drug-likeness (QED) is 0.840. The number of para-hydroxylation sites is 1. The minimum atomic E-state index is -0.813. The molecule has 0 bridgehead atoms. The zero-order valence-electron chi connectivity index (χ0n) is 14.3. The van der Waals surface area contributed by atoms with E-state index in [1.165, 1.54) is 0 Å². The van der Waals surface area contributed by atoms with Crippen molar-refractivity contribution >= 4 is 22.8 Å². The largest absolute Gasteiger partial charge is 0.323 e. The number of carbonyl (C=O) groups excluding carboxylic acids is 2. The maximum absolute atomic E-state index is 12.2. The summed E-state index contributed by atoms with van der Waals surface area (Å²) in [5.74, 6) is -0.110. The van der Waals surface area contributed by atoms with Crippen LogP contribution in [-0.2, 0) is 11.3 Å². The van der Waals surface area contributed by atoms with Crippen LogP contribution in [0.4, 0.5) is 4.79 Å². The summed E-state index contributed by atoms with van der Waals surface area (Å²) in [7, 11) is 0. The first-order chi connectivity index (χ1) is 12.0. The van der Waals surface area contributed by atoms with Crippen LogP contribution in [0.15, 0.2) is 36.4 Å². The minimum absolute atomic E-state index is 0.105. The van der Waals surface area contributed by atoms with Gasteiger partial charge >= 0.3 is 6.03 Å². The summed E-state index contributed by atoms with van der Waals surface area (Å²) in [5.41, 5.74) is 1.22. The zero-order chi connectivity index (χ0) is 17.4. The average Bonchev–Trinajstić information content (AvgIpc) is 2.88. The molecule has 25 heavy (non-hydrogen) atoms. The standard InChI is InChI=1S/C19H22N4O2/c1-19(17(24)21-18(25)22-19)14-6-4-10-23(11-14)12-15-9-8-13-5-2-3-7-16(13)20-15/h2-3,5,7-9,14H,4,6,10-12H2,1H3,(H2,21,22,24,25)/t14-,19-/m1/s1. The van der Waals surface area contributed by atoms with Crippen LogP contribution in [0.5, 0.6) is 0 Å². The van der Waals surface area contributed by atoms with E-state index in [1.807, 2.05) is 25.1 Å². The van der Waals surface area contributed by atoms with Crippen molar-refractivity contribution in [2.75, 3.05) is 13.1 Å². The number of amides is 3. The summed E-state index contributed by atoms with van der Waals surface area (Å²) in [6, 6.07) is 11.9. The lowest BCUT2D eigenvalue weighted by Crippen LogP contribution is -2.55. The van der Waals surface area contributed by atoms with Gasteiger partial charge in [0.2, 0.25) is 0 Å². The van der Waals surface area contributed by atoms with E-state index in [0.717, 1.165) is 49.1 Å². The molecule has 0 unspecified atom stereocenters. The van der Waals surface area contributed by atoms with Crippen molar-refractivity contribution in [2.45, 2.75) is 31.8 Å². The molecule has 0 saturated carbocycles. The Kier molecular flexibility index (Phi) is 3.92. The Balaban J connectivity index is 1.49. The lowest BCUT2D eigenvalue weighted by molar-refractivity contribution is -0.126. The molecule has 2 aromatic rings. The molecule has 6 heteroatoms. The third kappa shape index (κ3) is 2.98. The molecule has 1 aromatic carbocycles. The number of rotatable bonds is 3. The van der Waals surface area contributed by atoms with Crippen LogP contribution in [0.2, 0.25) is 0 Å². The van der Waals surface area contributed by atoms with E-state index in [2.05, 4.69) is 33.7 Å². The van der Waals surface area contributed by atoms with Gasteiger partial charge in [0.1, 0.15) is 5.54 Å². The number of nitrogens with zero attached hydrogens (tertiary/aromatic N) is 2. The predicted octanol–water partition coefficient (Wildman–Crippen LogP) is 2.04. The molecule has 2 fully saturated rings. The molecule has 2 saturated heterocycles. The number of imide groups is 1. The van der Waals surface area contributed by atoms with Crippen LogP contribution in [0.1, 0.15) is 25.5 Å². The molecular weight excluding hydrogens is 316 g/mol. The molecule has 3 heterocycles. The van der Waals surface area contributed by atoms with Gasteiger partial charge in [-0.1, -0.05) is 24.3 Å². The highest BCUT2D eigenvalue weighted by Crippen LogP contribution is 2.30. The number of benzene rings is 1. The Labute approximate surface area is 146 Å². The van der Waals surface area contributed by atoms with Crippen molar-refractivity contribution < 1.29 is 9.59 Å². The molecule has 2 aliphatic heterocycles. The number of likely N-dealkylation sites (tertiary alicyclic amines) is 1. The first-order valence-electron chi connectivity index (χ1n) is 8.75. The number of piperidine rings is 1. The van der Waals surface area contributed by atoms with Gasteiger partial charge in [-0.05, 0) is 38.4 Å². The van der Waals surface area contributed by atoms with Gasteiger partial charge in [-0.2, -0.15) is 0 Å². The second-order valence-corrected chi connectivity index (χ2v) is 7.18. The number of nitrogens with one attached hydrogen (secondary N) is 2. The molecule has 2 N–H and O–H groups in total. The summed E-state index contributed by atoms with van der Waals surface area (Å²) < 4.78 is 0. The van der Waals surface area contributed by atoms with Crippen LogP contribution >= 0.6 is 0 Å². The average molecular weight is 338 g/mol. The molecule has 2 atom stereocenters. The molecule has 0 radical (unpaired) electrons. The normalized spacial score (nSPS) is 27.3. The fourth-order valence-corrected chi connectivity index (χ4v) is 3.94. The number of aromatic nitrogens is 1. The van der Waals surface area contributed by atoms with Crippen molar-refractivity contribution in [1.29, 1.82) is 0 Å². The second-order valence-electron chi connectivity index (χ2n) is 7.18. The Hall–Kier alpha value is -2.47. The summed E-state index contributed by atoms with van der Waals surface area (Å²) >= 11 is 0. The van der Waals surface area contributed by atoms with Crippen molar-refractivity contribution in [1.82, 2.24) is 20.5 Å². The van der Waals surface area contributed by atoms with Crippen molar-refractivity contribution in [3.8, 4) is 0 Å². The highest BCUT2D eigenvalue weighted by atomic mass is 16.2. The molecule has 130 valence electrons. The predicted molar refractivity (Wildman–Crippen MR) is 94.8 cm³/mol. The Morgan fingerprint density at radius 1 is 1.24 bits per heavy atom. The Morgan fingerprint density at radius 3 is 2.88 bits per heavy atom. The van der Waals surface area contributed by atoms with E-state index in [0.29, 0.717) is 0 Å². The number of urea groups is 1. The Bertz CT molecular complexity index is 837. The van der Waals surface area contributed by atoms with E-state index < -0.39 is 5.54 Å². The van der Waals surface area contributed by atoms with E-state index in [-0.39, 0.29) is 17.9 Å². The second kappa shape index (κ2) is 6.11. The third-order valence-electron chi connectivity index (χ3n) is 5.44. The van der Waals surface area contributed by atoms with Gasteiger partial charge in [0.15, 0.2) is 0 Å². The number of pyridine rings is 1. The number of carbonyl (C=O) groups is 2. The molecule has 1 aromatic heterocycles. The molecule has 4 rings (SSSR count). The van der Waals surface area contributed by atoms with Crippen molar-refractivity contribution in [2.24, 2.45) is 5.92 Å². The maximum Gasteiger partial charge on any atom is 0.322 e. The highest BCUT2D eigenvalue weighted by Gasteiger charge is 2.48. The summed E-state index contributed by atoms with van der Waals surface area (Å²) in [5, 5.41) is 6.33. The maximum atomic E-state index is 12.2. The van der Waals surface area contributed by atoms with Gasteiger partial charge in [-0.3, -0.25) is 20.0 Å². The molecular formula is C19H22N4O2. The van der Waals surface area contributed by atoms with E-state index >= 15 is 0 Å². The first kappa shape index (κ1) is 16.0. The lowest BCUT2D eigenvalue weighted by Gasteiger charge is -2.39. The minimum Gasteiger partial charge on any atom is -0.323 e. The van der Waals surface area contributed by atoms with Gasteiger partial charge in [-0.15, -0.1) is 0 Å². The monoisotopic (exact) mass is 338 g/mol. The summed E-state index contributed by atoms with van der Waals surface area (Å²) in [6.45, 7) is 4.35. The van der Waals surface area contributed by atoms with Crippen LogP contribution in [0.25, 0.3) is 10.9 Å². The fraction of sp³-hybridized carbons (Fsp3) is 0.421. The highest BCUT2D eigenvalue weighted by molar-refractivity contribution is 6.07. The topological polar surface area (TPSA) is 74.3 Å². The number of fused-ring (bicyclic) bond motifs is 1. The molecule has 3 amide bonds. The molecule has 2 aliphatic rings.